The quantitative estimate of drug-likeness (QED) is 0.511. The third-order valence-electron chi connectivity index (χ3n) is 6.90. The molecule has 0 N–H and O–H groups in total. The molecule has 11 heteroatoms. The Kier molecular flexibility index (Phi) is 6.48. The molecule has 2 aromatic carbocycles. The molecular formula is C25H29FN2O6S2. The van der Waals surface area contributed by atoms with Crippen LogP contribution in [0.4, 0.5) is 10.1 Å². The van der Waals surface area contributed by atoms with Crippen molar-refractivity contribution >= 4 is 31.3 Å². The highest BCUT2D eigenvalue weighted by molar-refractivity contribution is 7.92. The van der Waals surface area contributed by atoms with E-state index < -0.39 is 25.5 Å². The first-order valence-corrected chi connectivity index (χ1v) is 15.5. The number of carbonyl (C=O) groups is 1. The number of anilines is 1. The van der Waals surface area contributed by atoms with Crippen LogP contribution >= 0.6 is 0 Å². The summed E-state index contributed by atoms with van der Waals surface area (Å²) < 4.78 is 69.6. The van der Waals surface area contributed by atoms with E-state index in [1.54, 1.807) is 15.9 Å². The van der Waals surface area contributed by atoms with Crippen molar-refractivity contribution in [1.29, 1.82) is 0 Å². The lowest BCUT2D eigenvalue weighted by Gasteiger charge is -2.36. The molecule has 1 amide bonds. The van der Waals surface area contributed by atoms with Gasteiger partial charge in [-0.3, -0.25) is 4.79 Å². The summed E-state index contributed by atoms with van der Waals surface area (Å²) in [4.78, 5) is 16.9. The van der Waals surface area contributed by atoms with Crippen molar-refractivity contribution in [2.45, 2.75) is 40.7 Å². The minimum Gasteiger partial charge on any atom is -0.492 e. The smallest absolute Gasteiger partial charge is 0.257 e. The number of sulfone groups is 2. The van der Waals surface area contributed by atoms with Crippen LogP contribution < -0.4 is 9.64 Å². The van der Waals surface area contributed by atoms with Crippen molar-refractivity contribution in [3.05, 3.63) is 47.8 Å². The number of benzene rings is 2. The van der Waals surface area contributed by atoms with E-state index in [4.69, 9.17) is 4.74 Å². The number of amides is 1. The molecule has 1 saturated heterocycles. The number of rotatable bonds is 8. The van der Waals surface area contributed by atoms with Crippen LogP contribution in [0.2, 0.25) is 0 Å². The summed E-state index contributed by atoms with van der Waals surface area (Å²) in [7, 11) is -6.99. The van der Waals surface area contributed by atoms with Gasteiger partial charge in [-0.25, -0.2) is 21.2 Å². The fraction of sp³-hybridized carbons (Fsp3) is 0.480. The number of hydrogen-bond donors (Lipinski definition) is 0. The zero-order valence-electron chi connectivity index (χ0n) is 20.0. The summed E-state index contributed by atoms with van der Waals surface area (Å²) in [6.45, 7) is 1.78. The molecule has 1 aliphatic heterocycles. The Bertz CT molecular complexity index is 1390. The third kappa shape index (κ3) is 5.22. The highest BCUT2D eigenvalue weighted by Crippen LogP contribution is 2.36. The maximum atomic E-state index is 14.7. The van der Waals surface area contributed by atoms with Gasteiger partial charge in [-0.05, 0) is 68.0 Å². The standard InChI is InChI=1S/C25H29FN2O6S2/c1-35(30,31)19-6-8-23(22(26)15-19)27-10-12-28(13-11-27)25(29)21-14-20(36(32,33)18-4-5-18)7-9-24(21)34-16-17-2-3-17/h6-9,14-15,17-18H,2-5,10-13,16H2,1H3. The van der Waals surface area contributed by atoms with Crippen molar-refractivity contribution in [2.75, 3.05) is 43.9 Å². The van der Waals surface area contributed by atoms with Crippen LogP contribution in [-0.4, -0.2) is 71.9 Å². The minimum atomic E-state index is -3.52. The van der Waals surface area contributed by atoms with Crippen LogP contribution in [0.1, 0.15) is 36.0 Å². The highest BCUT2D eigenvalue weighted by Gasteiger charge is 2.38. The fourth-order valence-corrected chi connectivity index (χ4v) is 6.65. The molecule has 0 unspecified atom stereocenters. The molecule has 194 valence electrons. The Morgan fingerprint density at radius 1 is 0.944 bits per heavy atom. The zero-order valence-corrected chi connectivity index (χ0v) is 21.7. The van der Waals surface area contributed by atoms with Gasteiger partial charge < -0.3 is 14.5 Å². The minimum absolute atomic E-state index is 0.0858. The number of piperazine rings is 1. The average Bonchev–Trinajstić information content (AvgIpc) is 3.75. The van der Waals surface area contributed by atoms with Crippen molar-refractivity contribution < 1.29 is 30.8 Å². The predicted molar refractivity (Wildman–Crippen MR) is 132 cm³/mol. The summed E-state index contributed by atoms with van der Waals surface area (Å²) in [5.74, 6) is -0.102. The van der Waals surface area contributed by atoms with Crippen molar-refractivity contribution in [3.63, 3.8) is 0 Å². The Hall–Kier alpha value is -2.66. The lowest BCUT2D eigenvalue weighted by Crippen LogP contribution is -2.49. The van der Waals surface area contributed by atoms with Gasteiger partial charge in [-0.2, -0.15) is 0 Å². The van der Waals surface area contributed by atoms with Gasteiger partial charge in [0.2, 0.25) is 0 Å². The van der Waals surface area contributed by atoms with Crippen molar-refractivity contribution in [2.24, 2.45) is 5.92 Å². The van der Waals surface area contributed by atoms with Crippen LogP contribution in [0.15, 0.2) is 46.2 Å². The van der Waals surface area contributed by atoms with Gasteiger partial charge in [0.05, 0.1) is 32.9 Å². The molecule has 1 heterocycles. The number of halogens is 1. The number of nitrogens with zero attached hydrogens (tertiary/aromatic N) is 2. The Balaban J connectivity index is 1.33. The van der Waals surface area contributed by atoms with Gasteiger partial charge in [0.25, 0.3) is 5.91 Å². The average molecular weight is 537 g/mol. The van der Waals surface area contributed by atoms with Crippen LogP contribution in [-0.2, 0) is 19.7 Å². The molecule has 0 atom stereocenters. The van der Waals surface area contributed by atoms with Crippen LogP contribution in [0.25, 0.3) is 0 Å². The molecule has 0 radical (unpaired) electrons. The SMILES string of the molecule is CS(=O)(=O)c1ccc(N2CCN(C(=O)c3cc(S(=O)(=O)C4CC4)ccc3OCC3CC3)CC2)c(F)c1. The molecule has 3 fully saturated rings. The van der Waals surface area contributed by atoms with Gasteiger partial charge >= 0.3 is 0 Å². The molecule has 2 aromatic rings. The largest absolute Gasteiger partial charge is 0.492 e. The van der Waals surface area contributed by atoms with Crippen LogP contribution in [0, 0.1) is 11.7 Å². The van der Waals surface area contributed by atoms with E-state index in [1.807, 2.05) is 0 Å². The second kappa shape index (κ2) is 9.33. The molecule has 3 aliphatic rings. The van der Waals surface area contributed by atoms with E-state index >= 15 is 0 Å². The Labute approximate surface area is 210 Å². The first kappa shape index (κ1) is 25.0. The normalized spacial score (nSPS) is 18.8. The molecular weight excluding hydrogens is 507 g/mol. The number of carbonyl (C=O) groups excluding carboxylic acids is 1. The van der Waals surface area contributed by atoms with Crippen molar-refractivity contribution in [3.8, 4) is 5.75 Å². The first-order chi connectivity index (χ1) is 17.0. The third-order valence-corrected chi connectivity index (χ3v) is 10.3. The summed E-state index contributed by atoms with van der Waals surface area (Å²) in [6, 6.07) is 8.37. The Morgan fingerprint density at radius 3 is 2.19 bits per heavy atom. The molecule has 0 bridgehead atoms. The van der Waals surface area contributed by atoms with E-state index in [0.29, 0.717) is 57.3 Å². The molecule has 2 aliphatic carbocycles. The van der Waals surface area contributed by atoms with Gasteiger partial charge in [-0.15, -0.1) is 0 Å². The molecule has 0 spiro atoms. The maximum Gasteiger partial charge on any atom is 0.257 e. The first-order valence-electron chi connectivity index (χ1n) is 12.1. The summed E-state index contributed by atoms with van der Waals surface area (Å²) in [6.07, 6.45) is 4.46. The second-order valence-electron chi connectivity index (χ2n) is 9.82. The lowest BCUT2D eigenvalue weighted by atomic mass is 10.1. The molecule has 0 aromatic heterocycles. The highest BCUT2D eigenvalue weighted by atomic mass is 32.2. The number of hydrogen-bond acceptors (Lipinski definition) is 7. The van der Waals surface area contributed by atoms with Gasteiger partial charge in [0, 0.05) is 32.4 Å². The van der Waals surface area contributed by atoms with Gasteiger partial charge in [-0.1, -0.05) is 0 Å². The lowest BCUT2D eigenvalue weighted by molar-refractivity contribution is 0.0741. The van der Waals surface area contributed by atoms with Gasteiger partial charge in [0.1, 0.15) is 11.6 Å². The molecule has 5 rings (SSSR count). The van der Waals surface area contributed by atoms with Crippen LogP contribution in [0.5, 0.6) is 5.75 Å². The molecule has 2 saturated carbocycles. The number of ether oxygens (including phenoxy) is 1. The molecule has 36 heavy (non-hydrogen) atoms. The van der Waals surface area contributed by atoms with Crippen LogP contribution in [0.3, 0.4) is 0 Å². The summed E-state index contributed by atoms with van der Waals surface area (Å²) in [5.41, 5.74) is 0.509. The molecule has 8 nitrogen and oxygen atoms in total. The second-order valence-corrected chi connectivity index (χ2v) is 14.1. The fourth-order valence-electron chi connectivity index (χ4n) is 4.34. The topological polar surface area (TPSA) is 101 Å². The van der Waals surface area contributed by atoms with E-state index in [1.165, 1.54) is 24.3 Å². The van der Waals surface area contributed by atoms with E-state index in [9.17, 15) is 26.0 Å². The van der Waals surface area contributed by atoms with Gasteiger partial charge in [0.15, 0.2) is 19.7 Å². The zero-order chi connectivity index (χ0) is 25.7. The summed E-state index contributed by atoms with van der Waals surface area (Å²) >= 11 is 0. The Morgan fingerprint density at radius 2 is 1.61 bits per heavy atom. The van der Waals surface area contributed by atoms with E-state index in [0.717, 1.165) is 25.2 Å². The van der Waals surface area contributed by atoms with Crippen molar-refractivity contribution in [1.82, 2.24) is 4.90 Å². The monoisotopic (exact) mass is 536 g/mol. The summed E-state index contributed by atoms with van der Waals surface area (Å²) in [5, 5.41) is -0.383. The maximum absolute atomic E-state index is 14.7. The van der Waals surface area contributed by atoms with E-state index in [-0.39, 0.29) is 32.2 Å². The van der Waals surface area contributed by atoms with E-state index in [2.05, 4.69) is 0 Å². The predicted octanol–water partition coefficient (Wildman–Crippen LogP) is 2.92.